The van der Waals surface area contributed by atoms with Gasteiger partial charge in [0, 0.05) is 13.2 Å². The highest BCUT2D eigenvalue weighted by molar-refractivity contribution is 5.27. The molecule has 0 aromatic heterocycles. The van der Waals surface area contributed by atoms with Crippen LogP contribution in [0.25, 0.3) is 0 Å². The molecule has 2 rings (SSSR count). The van der Waals surface area contributed by atoms with Gasteiger partial charge in [0.25, 0.3) is 0 Å². The molecule has 1 aliphatic carbocycles. The van der Waals surface area contributed by atoms with Crippen molar-refractivity contribution in [2.75, 3.05) is 20.3 Å². The van der Waals surface area contributed by atoms with Crippen molar-refractivity contribution in [2.24, 2.45) is 11.7 Å². The first kappa shape index (κ1) is 14.4. The van der Waals surface area contributed by atoms with E-state index in [-0.39, 0.29) is 0 Å². The Morgan fingerprint density at radius 1 is 1.16 bits per heavy atom. The van der Waals surface area contributed by atoms with Crippen LogP contribution in [0.3, 0.4) is 0 Å². The van der Waals surface area contributed by atoms with Crippen LogP contribution in [0.15, 0.2) is 24.3 Å². The van der Waals surface area contributed by atoms with Crippen LogP contribution in [0.1, 0.15) is 31.2 Å². The number of hydrogen-bond acceptors (Lipinski definition) is 3. The summed E-state index contributed by atoms with van der Waals surface area (Å²) >= 11 is 0. The van der Waals surface area contributed by atoms with Gasteiger partial charge in [0.15, 0.2) is 0 Å². The van der Waals surface area contributed by atoms with Crippen molar-refractivity contribution in [1.82, 2.24) is 0 Å². The zero-order chi connectivity index (χ0) is 13.5. The molecule has 2 N–H and O–H groups in total. The second-order valence-electron chi connectivity index (χ2n) is 5.38. The molecule has 1 aromatic rings. The molecule has 3 heteroatoms. The molecule has 0 spiro atoms. The zero-order valence-corrected chi connectivity index (χ0v) is 11.8. The van der Waals surface area contributed by atoms with Crippen molar-refractivity contribution < 1.29 is 9.47 Å². The summed E-state index contributed by atoms with van der Waals surface area (Å²) in [6.07, 6.45) is 5.75. The molecule has 106 valence electrons. The van der Waals surface area contributed by atoms with E-state index >= 15 is 0 Å². The fourth-order valence-corrected chi connectivity index (χ4v) is 2.72. The van der Waals surface area contributed by atoms with E-state index in [2.05, 4.69) is 12.1 Å². The van der Waals surface area contributed by atoms with E-state index in [0.29, 0.717) is 12.0 Å². The lowest BCUT2D eigenvalue weighted by molar-refractivity contribution is 0.202. The van der Waals surface area contributed by atoms with Crippen LogP contribution in [0.2, 0.25) is 0 Å². The van der Waals surface area contributed by atoms with Crippen molar-refractivity contribution in [3.8, 4) is 5.75 Å². The maximum absolute atomic E-state index is 6.06. The highest BCUT2D eigenvalue weighted by Gasteiger charge is 2.23. The van der Waals surface area contributed by atoms with Gasteiger partial charge >= 0.3 is 0 Å². The average molecular weight is 263 g/mol. The predicted molar refractivity (Wildman–Crippen MR) is 77.5 cm³/mol. The minimum atomic E-state index is 0.389. The average Bonchev–Trinajstić information content (AvgIpc) is 2.84. The molecule has 1 fully saturated rings. The fraction of sp³-hybridized carbons (Fsp3) is 0.625. The van der Waals surface area contributed by atoms with Gasteiger partial charge in [-0.15, -0.1) is 0 Å². The lowest BCUT2D eigenvalue weighted by atomic mass is 10.0. The van der Waals surface area contributed by atoms with Crippen LogP contribution in [0, 0.1) is 5.92 Å². The van der Waals surface area contributed by atoms with Gasteiger partial charge in [-0.1, -0.05) is 18.6 Å². The summed E-state index contributed by atoms with van der Waals surface area (Å²) in [7, 11) is 1.73. The topological polar surface area (TPSA) is 44.5 Å². The van der Waals surface area contributed by atoms with Gasteiger partial charge in [-0.3, -0.25) is 0 Å². The monoisotopic (exact) mass is 263 g/mol. The molecule has 1 aromatic carbocycles. The lowest BCUT2D eigenvalue weighted by Crippen LogP contribution is -2.25. The number of nitrogens with two attached hydrogens (primary N) is 1. The van der Waals surface area contributed by atoms with Crippen LogP contribution in [-0.2, 0) is 11.2 Å². The summed E-state index contributed by atoms with van der Waals surface area (Å²) < 4.78 is 10.9. The molecule has 0 heterocycles. The first-order valence-corrected chi connectivity index (χ1v) is 7.26. The second-order valence-corrected chi connectivity index (χ2v) is 5.38. The van der Waals surface area contributed by atoms with Crippen LogP contribution >= 0.6 is 0 Å². The molecule has 0 amide bonds. The predicted octanol–water partition coefficient (Wildman–Crippen LogP) is 2.77. The Bertz CT molecular complexity index is 364. The molecule has 2 unspecified atom stereocenters. The molecular formula is C16H25NO2. The maximum Gasteiger partial charge on any atom is 0.119 e. The Kier molecular flexibility index (Phi) is 5.67. The van der Waals surface area contributed by atoms with E-state index < -0.39 is 0 Å². The molecule has 3 nitrogen and oxygen atoms in total. The van der Waals surface area contributed by atoms with Crippen molar-refractivity contribution in [1.29, 1.82) is 0 Å². The van der Waals surface area contributed by atoms with E-state index in [9.17, 15) is 0 Å². The third-order valence-electron chi connectivity index (χ3n) is 3.99. The molecule has 1 saturated carbocycles. The molecule has 0 radical (unpaired) electrons. The van der Waals surface area contributed by atoms with Crippen LogP contribution in [0.5, 0.6) is 5.75 Å². The van der Waals surface area contributed by atoms with Gasteiger partial charge in [-0.25, -0.2) is 0 Å². The Morgan fingerprint density at radius 3 is 2.58 bits per heavy atom. The molecule has 0 saturated heterocycles. The first-order chi connectivity index (χ1) is 9.29. The number of hydrogen-bond donors (Lipinski definition) is 1. The lowest BCUT2D eigenvalue weighted by Gasteiger charge is -2.15. The number of rotatable bonds is 7. The summed E-state index contributed by atoms with van der Waals surface area (Å²) in [5.41, 5.74) is 7.34. The molecule has 1 aliphatic rings. The van der Waals surface area contributed by atoms with Crippen molar-refractivity contribution >= 4 is 0 Å². The van der Waals surface area contributed by atoms with E-state index in [4.69, 9.17) is 15.2 Å². The normalized spacial score (nSPS) is 22.6. The Hall–Kier alpha value is -1.06. The minimum absolute atomic E-state index is 0.389. The summed E-state index contributed by atoms with van der Waals surface area (Å²) in [5, 5.41) is 0. The minimum Gasteiger partial charge on any atom is -0.494 e. The number of methoxy groups -OCH3 is 1. The molecule has 0 aliphatic heterocycles. The van der Waals surface area contributed by atoms with Gasteiger partial charge in [0.1, 0.15) is 5.75 Å². The molecule has 2 atom stereocenters. The highest BCUT2D eigenvalue weighted by Crippen LogP contribution is 2.27. The Morgan fingerprint density at radius 2 is 1.95 bits per heavy atom. The van der Waals surface area contributed by atoms with Gasteiger partial charge in [-0.2, -0.15) is 0 Å². The van der Waals surface area contributed by atoms with E-state index in [0.717, 1.165) is 31.8 Å². The van der Waals surface area contributed by atoms with Gasteiger partial charge < -0.3 is 15.2 Å². The van der Waals surface area contributed by atoms with Gasteiger partial charge in [-0.05, 0) is 49.3 Å². The Labute approximate surface area is 116 Å². The quantitative estimate of drug-likeness (QED) is 0.822. The highest BCUT2D eigenvalue weighted by atomic mass is 16.5. The SMILES string of the molecule is COCCc1ccc(OCCC2CCCC2N)cc1. The van der Waals surface area contributed by atoms with Crippen LogP contribution < -0.4 is 10.5 Å². The van der Waals surface area contributed by atoms with Gasteiger partial charge in [0.05, 0.1) is 13.2 Å². The van der Waals surface area contributed by atoms with Crippen molar-refractivity contribution in [3.63, 3.8) is 0 Å². The Balaban J connectivity index is 1.70. The van der Waals surface area contributed by atoms with Crippen molar-refractivity contribution in [2.45, 2.75) is 38.1 Å². The van der Waals surface area contributed by atoms with E-state index in [1.807, 2.05) is 12.1 Å². The smallest absolute Gasteiger partial charge is 0.119 e. The standard InChI is InChI=1S/C16H25NO2/c1-18-11-9-13-5-7-15(8-6-13)19-12-10-14-3-2-4-16(14)17/h5-8,14,16H,2-4,9-12,17H2,1H3. The first-order valence-electron chi connectivity index (χ1n) is 7.26. The van der Waals surface area contributed by atoms with E-state index in [1.54, 1.807) is 7.11 Å². The summed E-state index contributed by atoms with van der Waals surface area (Å²) in [6.45, 7) is 1.54. The molecular weight excluding hydrogens is 238 g/mol. The molecule has 19 heavy (non-hydrogen) atoms. The van der Waals surface area contributed by atoms with Crippen molar-refractivity contribution in [3.05, 3.63) is 29.8 Å². The zero-order valence-electron chi connectivity index (χ0n) is 11.8. The number of benzene rings is 1. The second kappa shape index (κ2) is 7.51. The van der Waals surface area contributed by atoms with Crippen LogP contribution in [-0.4, -0.2) is 26.4 Å². The fourth-order valence-electron chi connectivity index (χ4n) is 2.72. The maximum atomic E-state index is 6.06. The van der Waals surface area contributed by atoms with Gasteiger partial charge in [0.2, 0.25) is 0 Å². The van der Waals surface area contributed by atoms with Crippen LogP contribution in [0.4, 0.5) is 0 Å². The summed E-state index contributed by atoms with van der Waals surface area (Å²) in [5.74, 6) is 1.61. The largest absolute Gasteiger partial charge is 0.494 e. The third-order valence-corrected chi connectivity index (χ3v) is 3.99. The summed E-state index contributed by atoms with van der Waals surface area (Å²) in [4.78, 5) is 0. The molecule has 0 bridgehead atoms. The van der Waals surface area contributed by atoms with E-state index in [1.165, 1.54) is 24.8 Å². The number of ether oxygens (including phenoxy) is 2. The third kappa shape index (κ3) is 4.51. The summed E-state index contributed by atoms with van der Waals surface area (Å²) in [6, 6.07) is 8.68.